The zero-order valence-corrected chi connectivity index (χ0v) is 9.23. The molecule has 0 aliphatic heterocycles. The van der Waals surface area contributed by atoms with Gasteiger partial charge in [0.05, 0.1) is 0 Å². The largest absolute Gasteiger partial charge is 0.870 e. The summed E-state index contributed by atoms with van der Waals surface area (Å²) in [6.45, 7) is 2.25. The van der Waals surface area contributed by atoms with Gasteiger partial charge in [0.25, 0.3) is 0 Å². The van der Waals surface area contributed by atoms with Crippen molar-refractivity contribution in [3.63, 3.8) is 0 Å². The zero-order chi connectivity index (χ0) is 5.54. The van der Waals surface area contributed by atoms with E-state index in [1.54, 1.807) is 22.5 Å². The van der Waals surface area contributed by atoms with Crippen molar-refractivity contribution in [2.75, 3.05) is 0 Å². The minimum Gasteiger partial charge on any atom is -0.870 e. The smallest absolute Gasteiger partial charge is 0.870 e. The molecule has 3 nitrogen and oxygen atoms in total. The molecule has 0 atom stereocenters. The van der Waals surface area contributed by atoms with Gasteiger partial charge in [0.1, 0.15) is 0 Å². The number of hydrogen-bond acceptors (Lipinski definition) is 3. The molecule has 0 rings (SSSR count). The van der Waals surface area contributed by atoms with E-state index in [9.17, 15) is 0 Å². The third-order valence-corrected chi connectivity index (χ3v) is 2.04. The van der Waals surface area contributed by atoms with E-state index in [0.29, 0.717) is 0 Å². The van der Waals surface area contributed by atoms with E-state index in [1.807, 2.05) is 0 Å². The van der Waals surface area contributed by atoms with Crippen molar-refractivity contribution < 1.29 is 16.4 Å². The van der Waals surface area contributed by atoms with Crippen LogP contribution in [0.15, 0.2) is 0 Å². The quantitative estimate of drug-likeness (QED) is 0.564. The fourth-order valence-corrected chi connectivity index (χ4v) is 1.27. The molecule has 62 valence electrons. The summed E-state index contributed by atoms with van der Waals surface area (Å²) in [6, 6.07) is 0. The fraction of sp³-hybridized carbons (Fsp3) is 1.00. The predicted molar refractivity (Wildman–Crippen MR) is 40.5 cm³/mol. The first-order chi connectivity index (χ1) is 3.41. The molecule has 0 aromatic rings. The Bertz CT molecular complexity index is 32.2. The Morgan fingerprint density at radius 2 is 1.40 bits per heavy atom. The Labute approximate surface area is 76.2 Å². The van der Waals surface area contributed by atoms with Gasteiger partial charge in [-0.05, 0) is 0 Å². The summed E-state index contributed by atoms with van der Waals surface area (Å²) in [5, 5.41) is 0. The van der Waals surface area contributed by atoms with Crippen molar-refractivity contribution in [1.82, 2.24) is 0 Å². The molecule has 0 unspecified atom stereocenters. The summed E-state index contributed by atoms with van der Waals surface area (Å²) in [5.41, 5.74) is 0. The Morgan fingerprint density at radius 3 is 1.70 bits per heavy atom. The normalized spacial score (nSPS) is 6.70. The monoisotopic (exact) mass is 256 g/mol. The molecule has 0 saturated heterocycles. The van der Waals surface area contributed by atoms with Gasteiger partial charge < -0.3 is 16.4 Å². The van der Waals surface area contributed by atoms with Crippen molar-refractivity contribution in [3.8, 4) is 0 Å². The van der Waals surface area contributed by atoms with Gasteiger partial charge in [-0.1, -0.05) is 0 Å². The van der Waals surface area contributed by atoms with Crippen LogP contribution in [-0.2, 0) is 0 Å². The van der Waals surface area contributed by atoms with Gasteiger partial charge >= 0.3 is 59.6 Å². The van der Waals surface area contributed by atoms with E-state index >= 15 is 0 Å². The van der Waals surface area contributed by atoms with Crippen molar-refractivity contribution in [2.45, 2.75) is 37.0 Å². The SMILES string of the molecule is CCCCC[CH2][Sn+3].[OH-].[OH-].[OH-]. The van der Waals surface area contributed by atoms with Gasteiger partial charge in [0.2, 0.25) is 0 Å². The van der Waals surface area contributed by atoms with Crippen molar-refractivity contribution in [1.29, 1.82) is 0 Å². The van der Waals surface area contributed by atoms with Gasteiger partial charge in [-0.3, -0.25) is 0 Å². The fourth-order valence-electron chi connectivity index (χ4n) is 0.552. The average Bonchev–Trinajstić information content (AvgIpc) is 1.69. The third-order valence-electron chi connectivity index (χ3n) is 1.03. The van der Waals surface area contributed by atoms with Crippen LogP contribution in [0.25, 0.3) is 0 Å². The second kappa shape index (κ2) is 22.6. The van der Waals surface area contributed by atoms with E-state index in [4.69, 9.17) is 0 Å². The van der Waals surface area contributed by atoms with Gasteiger partial charge in [-0.25, -0.2) is 0 Å². The second-order valence-corrected chi connectivity index (χ2v) is 3.24. The second-order valence-electron chi connectivity index (χ2n) is 1.81. The van der Waals surface area contributed by atoms with Crippen LogP contribution in [0.5, 0.6) is 0 Å². The standard InChI is InChI=1S/C6H13.3H2O.Sn/c1-3-5-6-4-2;;;;/h1,3-6H2,2H3;3*1H2;/q;;;;+3/p-3. The molecule has 3 N–H and O–H groups in total. The first-order valence-corrected chi connectivity index (χ1v) is 5.08. The van der Waals surface area contributed by atoms with Crippen molar-refractivity contribution in [3.05, 3.63) is 0 Å². The molecule has 0 aromatic carbocycles. The average molecular weight is 255 g/mol. The molecule has 0 aliphatic carbocycles. The molecule has 0 aliphatic rings. The Balaban J connectivity index is -0.0000000600. The van der Waals surface area contributed by atoms with Crippen LogP contribution >= 0.6 is 0 Å². The third kappa shape index (κ3) is 23.4. The maximum atomic E-state index is 2.25. The van der Waals surface area contributed by atoms with E-state index in [2.05, 4.69) is 6.92 Å². The van der Waals surface area contributed by atoms with Crippen molar-refractivity contribution in [2.24, 2.45) is 0 Å². The van der Waals surface area contributed by atoms with Crippen LogP contribution in [0, 0.1) is 0 Å². The molecule has 0 heterocycles. The Kier molecular flexibility index (Phi) is 50.7. The molecule has 0 saturated carbocycles. The molecule has 0 aromatic heterocycles. The Morgan fingerprint density at radius 1 is 0.900 bits per heavy atom. The van der Waals surface area contributed by atoms with E-state index in [1.165, 1.54) is 30.1 Å². The molecule has 0 spiro atoms. The zero-order valence-electron chi connectivity index (χ0n) is 6.38. The molecule has 10 heavy (non-hydrogen) atoms. The van der Waals surface area contributed by atoms with E-state index in [-0.39, 0.29) is 16.4 Å². The van der Waals surface area contributed by atoms with E-state index < -0.39 is 0 Å². The Hall–Kier alpha value is 0.679. The predicted octanol–water partition coefficient (Wildman–Crippen LogP) is 1.62. The first kappa shape index (κ1) is 22.4. The summed E-state index contributed by atoms with van der Waals surface area (Å²) in [5.74, 6) is 0. The molecule has 0 radical (unpaired) electrons. The first-order valence-electron chi connectivity index (χ1n) is 3.06. The summed E-state index contributed by atoms with van der Waals surface area (Å²) < 4.78 is 1.45. The molecular weight excluding hydrogens is 239 g/mol. The van der Waals surface area contributed by atoms with Crippen LogP contribution < -0.4 is 0 Å². The van der Waals surface area contributed by atoms with Gasteiger partial charge in [-0.15, -0.1) is 0 Å². The van der Waals surface area contributed by atoms with Crippen LogP contribution in [-0.4, -0.2) is 39.0 Å². The van der Waals surface area contributed by atoms with Crippen LogP contribution in [0.3, 0.4) is 0 Å². The summed E-state index contributed by atoms with van der Waals surface area (Å²) in [6.07, 6.45) is 5.73. The molecule has 0 amide bonds. The minimum absolute atomic E-state index is 0. The minimum atomic E-state index is 0. The maximum absolute atomic E-state index is 2.25. The topological polar surface area (TPSA) is 90.0 Å². The maximum Gasteiger partial charge on any atom is -0.870 e. The van der Waals surface area contributed by atoms with Crippen LogP contribution in [0.1, 0.15) is 32.6 Å². The van der Waals surface area contributed by atoms with Crippen molar-refractivity contribution >= 4 is 22.5 Å². The van der Waals surface area contributed by atoms with Gasteiger partial charge in [0.15, 0.2) is 0 Å². The number of hydrogen-bond donors (Lipinski definition) is 0. The number of rotatable bonds is 4. The summed E-state index contributed by atoms with van der Waals surface area (Å²) >= 11 is 1.70. The molecule has 0 fully saturated rings. The van der Waals surface area contributed by atoms with Crippen LogP contribution in [0.4, 0.5) is 0 Å². The number of unbranched alkanes of at least 4 members (excludes halogenated alkanes) is 3. The summed E-state index contributed by atoms with van der Waals surface area (Å²) in [4.78, 5) is 0. The van der Waals surface area contributed by atoms with Gasteiger partial charge in [0, 0.05) is 0 Å². The van der Waals surface area contributed by atoms with Gasteiger partial charge in [-0.2, -0.15) is 0 Å². The molecule has 4 heteroatoms. The summed E-state index contributed by atoms with van der Waals surface area (Å²) in [7, 11) is 0. The van der Waals surface area contributed by atoms with Crippen LogP contribution in [0.2, 0.25) is 4.44 Å². The molecular formula is C6H16O3Sn. The van der Waals surface area contributed by atoms with E-state index in [0.717, 1.165) is 0 Å². The molecule has 0 bridgehead atoms.